The molecule has 2 heteroatoms. The van der Waals surface area contributed by atoms with E-state index in [2.05, 4.69) is 12.2 Å². The Morgan fingerprint density at radius 3 is 2.11 bits per heavy atom. The highest BCUT2D eigenvalue weighted by Gasteiger charge is 2.30. The molecule has 0 atom stereocenters. The third-order valence-electron chi connectivity index (χ3n) is 4.39. The molecule has 0 spiro atoms. The molecule has 2 N–H and O–H groups in total. The highest BCUT2D eigenvalue weighted by molar-refractivity contribution is 4.89. The van der Waals surface area contributed by atoms with Gasteiger partial charge in [-0.25, -0.2) is 0 Å². The van der Waals surface area contributed by atoms with Crippen molar-refractivity contribution < 1.29 is 5.11 Å². The summed E-state index contributed by atoms with van der Waals surface area (Å²) in [4.78, 5) is 0. The third kappa shape index (κ3) is 6.19. The van der Waals surface area contributed by atoms with Crippen LogP contribution in [0.4, 0.5) is 0 Å². The molecule has 0 aromatic rings. The molecule has 0 heterocycles. The van der Waals surface area contributed by atoms with Gasteiger partial charge in [0.15, 0.2) is 0 Å². The lowest BCUT2D eigenvalue weighted by Gasteiger charge is -2.36. The molecule has 1 aliphatic rings. The normalized spacial score (nSPS) is 19.0. The van der Waals surface area contributed by atoms with Crippen LogP contribution in [0.25, 0.3) is 0 Å². The van der Waals surface area contributed by atoms with Crippen LogP contribution < -0.4 is 5.32 Å². The maximum atomic E-state index is 9.58. The van der Waals surface area contributed by atoms with E-state index in [1.807, 2.05) is 0 Å². The standard InChI is InChI=1S/C16H33NO/c1-2-3-4-5-6-7-11-14-17-16(15-18)12-9-8-10-13-16/h17-18H,2-15H2,1H3. The van der Waals surface area contributed by atoms with Gasteiger partial charge in [0.05, 0.1) is 6.61 Å². The zero-order valence-corrected chi connectivity index (χ0v) is 12.3. The van der Waals surface area contributed by atoms with E-state index in [0.717, 1.165) is 6.54 Å². The Morgan fingerprint density at radius 2 is 1.50 bits per heavy atom. The van der Waals surface area contributed by atoms with Gasteiger partial charge in [0.25, 0.3) is 0 Å². The SMILES string of the molecule is CCCCCCCCCNC1(CO)CCCCC1. The van der Waals surface area contributed by atoms with Crippen molar-refractivity contribution in [1.29, 1.82) is 0 Å². The predicted octanol–water partition coefficient (Wildman–Crippen LogP) is 4.02. The van der Waals surface area contributed by atoms with Crippen molar-refractivity contribution in [2.45, 2.75) is 89.5 Å². The van der Waals surface area contributed by atoms with E-state index < -0.39 is 0 Å². The molecule has 0 radical (unpaired) electrons. The Hall–Kier alpha value is -0.0800. The van der Waals surface area contributed by atoms with Crippen LogP contribution >= 0.6 is 0 Å². The summed E-state index contributed by atoms with van der Waals surface area (Å²) in [5.74, 6) is 0. The minimum atomic E-state index is 0.0699. The summed E-state index contributed by atoms with van der Waals surface area (Å²) in [6.45, 7) is 3.68. The monoisotopic (exact) mass is 255 g/mol. The zero-order valence-electron chi connectivity index (χ0n) is 12.3. The van der Waals surface area contributed by atoms with Crippen LogP contribution in [-0.4, -0.2) is 23.8 Å². The number of rotatable bonds is 10. The van der Waals surface area contributed by atoms with Crippen molar-refractivity contribution in [1.82, 2.24) is 5.32 Å². The molecule has 0 amide bonds. The van der Waals surface area contributed by atoms with E-state index in [1.165, 1.54) is 77.0 Å². The predicted molar refractivity (Wildman–Crippen MR) is 78.9 cm³/mol. The molecular weight excluding hydrogens is 222 g/mol. The smallest absolute Gasteiger partial charge is 0.0613 e. The van der Waals surface area contributed by atoms with Gasteiger partial charge in [-0.1, -0.05) is 64.7 Å². The summed E-state index contributed by atoms with van der Waals surface area (Å²) >= 11 is 0. The molecular formula is C16H33NO. The maximum absolute atomic E-state index is 9.58. The average molecular weight is 255 g/mol. The number of aliphatic hydroxyl groups is 1. The molecule has 0 aliphatic heterocycles. The summed E-state index contributed by atoms with van der Waals surface area (Å²) in [5, 5.41) is 13.2. The zero-order chi connectivity index (χ0) is 13.1. The van der Waals surface area contributed by atoms with E-state index in [1.54, 1.807) is 0 Å². The molecule has 1 saturated carbocycles. The van der Waals surface area contributed by atoms with Crippen molar-refractivity contribution in [2.24, 2.45) is 0 Å². The molecule has 0 bridgehead atoms. The van der Waals surface area contributed by atoms with Gasteiger partial charge in [-0.3, -0.25) is 0 Å². The van der Waals surface area contributed by atoms with Gasteiger partial charge in [-0.2, -0.15) is 0 Å². The topological polar surface area (TPSA) is 32.3 Å². The largest absolute Gasteiger partial charge is 0.394 e. The number of aliphatic hydroxyl groups excluding tert-OH is 1. The van der Waals surface area contributed by atoms with Gasteiger partial charge in [0, 0.05) is 5.54 Å². The van der Waals surface area contributed by atoms with Crippen molar-refractivity contribution in [2.75, 3.05) is 13.2 Å². The van der Waals surface area contributed by atoms with E-state index in [-0.39, 0.29) is 5.54 Å². The van der Waals surface area contributed by atoms with Gasteiger partial charge < -0.3 is 10.4 Å². The molecule has 1 aliphatic carbocycles. The van der Waals surface area contributed by atoms with Crippen molar-refractivity contribution >= 4 is 0 Å². The summed E-state index contributed by atoms with van der Waals surface area (Å²) in [6.07, 6.45) is 15.8. The van der Waals surface area contributed by atoms with Crippen LogP contribution in [0, 0.1) is 0 Å². The summed E-state index contributed by atoms with van der Waals surface area (Å²) in [5.41, 5.74) is 0.0699. The van der Waals surface area contributed by atoms with E-state index in [0.29, 0.717) is 6.61 Å². The van der Waals surface area contributed by atoms with Gasteiger partial charge in [0.2, 0.25) is 0 Å². The lowest BCUT2D eigenvalue weighted by atomic mass is 9.82. The first-order valence-electron chi connectivity index (χ1n) is 8.19. The molecule has 2 nitrogen and oxygen atoms in total. The highest BCUT2D eigenvalue weighted by Crippen LogP contribution is 2.27. The fraction of sp³-hybridized carbons (Fsp3) is 1.00. The van der Waals surface area contributed by atoms with E-state index >= 15 is 0 Å². The molecule has 0 aromatic heterocycles. The number of hydrogen-bond donors (Lipinski definition) is 2. The number of hydrogen-bond acceptors (Lipinski definition) is 2. The quantitative estimate of drug-likeness (QED) is 0.578. The minimum Gasteiger partial charge on any atom is -0.394 e. The summed E-state index contributed by atoms with van der Waals surface area (Å²) in [6, 6.07) is 0. The Labute approximate surface area is 114 Å². The Balaban J connectivity index is 1.98. The molecule has 108 valence electrons. The third-order valence-corrected chi connectivity index (χ3v) is 4.39. The lowest BCUT2D eigenvalue weighted by Crippen LogP contribution is -2.50. The van der Waals surface area contributed by atoms with Gasteiger partial charge in [-0.15, -0.1) is 0 Å². The van der Waals surface area contributed by atoms with Crippen LogP contribution in [0.1, 0.15) is 84.0 Å². The van der Waals surface area contributed by atoms with Crippen molar-refractivity contribution in [3.8, 4) is 0 Å². The first-order chi connectivity index (χ1) is 8.83. The van der Waals surface area contributed by atoms with Crippen LogP contribution in [0.15, 0.2) is 0 Å². The first kappa shape index (κ1) is 16.0. The fourth-order valence-corrected chi connectivity index (χ4v) is 3.06. The molecule has 0 saturated heterocycles. The second-order valence-corrected chi connectivity index (χ2v) is 6.05. The summed E-state index contributed by atoms with van der Waals surface area (Å²) < 4.78 is 0. The highest BCUT2D eigenvalue weighted by atomic mass is 16.3. The minimum absolute atomic E-state index is 0.0699. The number of nitrogens with one attached hydrogen (secondary N) is 1. The fourth-order valence-electron chi connectivity index (χ4n) is 3.06. The molecule has 0 aromatic carbocycles. The Morgan fingerprint density at radius 1 is 0.889 bits per heavy atom. The second kappa shape index (κ2) is 9.80. The first-order valence-corrected chi connectivity index (χ1v) is 8.19. The molecule has 0 unspecified atom stereocenters. The molecule has 1 rings (SSSR count). The van der Waals surface area contributed by atoms with Crippen LogP contribution in [-0.2, 0) is 0 Å². The van der Waals surface area contributed by atoms with Gasteiger partial charge in [-0.05, 0) is 25.8 Å². The van der Waals surface area contributed by atoms with Crippen LogP contribution in [0.5, 0.6) is 0 Å². The summed E-state index contributed by atoms with van der Waals surface area (Å²) in [7, 11) is 0. The lowest BCUT2D eigenvalue weighted by molar-refractivity contribution is 0.121. The van der Waals surface area contributed by atoms with Crippen molar-refractivity contribution in [3.05, 3.63) is 0 Å². The van der Waals surface area contributed by atoms with Gasteiger partial charge in [0.1, 0.15) is 0 Å². The van der Waals surface area contributed by atoms with Crippen LogP contribution in [0.3, 0.4) is 0 Å². The second-order valence-electron chi connectivity index (χ2n) is 6.05. The van der Waals surface area contributed by atoms with Crippen molar-refractivity contribution in [3.63, 3.8) is 0 Å². The maximum Gasteiger partial charge on any atom is 0.0613 e. The molecule has 1 fully saturated rings. The molecule has 18 heavy (non-hydrogen) atoms. The van der Waals surface area contributed by atoms with Gasteiger partial charge >= 0.3 is 0 Å². The average Bonchev–Trinajstić information content (AvgIpc) is 2.43. The van der Waals surface area contributed by atoms with E-state index in [9.17, 15) is 5.11 Å². The number of unbranched alkanes of at least 4 members (excludes halogenated alkanes) is 6. The van der Waals surface area contributed by atoms with E-state index in [4.69, 9.17) is 0 Å². The van der Waals surface area contributed by atoms with Crippen LogP contribution in [0.2, 0.25) is 0 Å². The Kier molecular flexibility index (Phi) is 8.70. The Bertz CT molecular complexity index is 188.